The molecule has 0 bridgehead atoms. The van der Waals surface area contributed by atoms with Gasteiger partial charge in [-0.15, -0.1) is 0 Å². The molecule has 1 heterocycles. The monoisotopic (exact) mass is 321 g/mol. The van der Waals surface area contributed by atoms with Crippen molar-refractivity contribution in [2.45, 2.75) is 26.0 Å². The van der Waals surface area contributed by atoms with Crippen LogP contribution in [0.3, 0.4) is 0 Å². The molecule has 0 amide bonds. The predicted octanol–water partition coefficient (Wildman–Crippen LogP) is 1.07. The van der Waals surface area contributed by atoms with Crippen molar-refractivity contribution in [1.29, 1.82) is 0 Å². The van der Waals surface area contributed by atoms with Crippen LogP contribution in [-0.4, -0.2) is 68.5 Å². The normalized spacial score (nSPS) is 21.4. The van der Waals surface area contributed by atoms with Crippen LogP contribution in [0.5, 0.6) is 0 Å². The van der Waals surface area contributed by atoms with Gasteiger partial charge in [-0.3, -0.25) is 4.99 Å². The van der Waals surface area contributed by atoms with Gasteiger partial charge >= 0.3 is 0 Å². The molecule has 118 valence electrons. The molecule has 1 aliphatic heterocycles. The van der Waals surface area contributed by atoms with Crippen molar-refractivity contribution in [1.82, 2.24) is 10.2 Å². The van der Waals surface area contributed by atoms with Crippen LogP contribution in [0.1, 0.15) is 20.8 Å². The number of aliphatic imine (C=N–C) groups is 1. The molecule has 1 aliphatic rings. The highest BCUT2D eigenvalue weighted by Gasteiger charge is 2.24. The predicted molar refractivity (Wildman–Crippen MR) is 88.3 cm³/mol. The minimum Gasteiger partial charge on any atom is -0.355 e. The van der Waals surface area contributed by atoms with Crippen molar-refractivity contribution in [2.24, 2.45) is 10.9 Å². The zero-order valence-corrected chi connectivity index (χ0v) is 14.6. The van der Waals surface area contributed by atoms with Crippen LogP contribution in [0, 0.1) is 5.92 Å². The molecular formula is C13H27N3O2S2. The lowest BCUT2D eigenvalue weighted by Gasteiger charge is -2.36. The van der Waals surface area contributed by atoms with Crippen LogP contribution in [-0.2, 0) is 9.84 Å². The molecule has 1 atom stereocenters. The maximum Gasteiger partial charge on any atom is 0.193 e. The van der Waals surface area contributed by atoms with E-state index in [1.165, 1.54) is 0 Å². The Morgan fingerprint density at radius 1 is 1.50 bits per heavy atom. The third-order valence-corrected chi connectivity index (χ3v) is 6.73. The SMILES string of the molecule is CCS(=O)(=O)CCNC(=NC)N1CCSC(C(C)C)C1. The van der Waals surface area contributed by atoms with Gasteiger partial charge in [-0.2, -0.15) is 11.8 Å². The number of hydrogen-bond donors (Lipinski definition) is 1. The Labute approximate surface area is 127 Å². The molecule has 0 aromatic rings. The number of rotatable bonds is 5. The molecule has 1 saturated heterocycles. The number of hydrogen-bond acceptors (Lipinski definition) is 4. The van der Waals surface area contributed by atoms with E-state index in [0.717, 1.165) is 24.8 Å². The van der Waals surface area contributed by atoms with Gasteiger partial charge in [0.25, 0.3) is 0 Å². The quantitative estimate of drug-likeness (QED) is 0.606. The minimum atomic E-state index is -2.92. The molecule has 0 radical (unpaired) electrons. The first-order chi connectivity index (χ1) is 9.39. The first kappa shape index (κ1) is 17.6. The summed E-state index contributed by atoms with van der Waals surface area (Å²) in [6, 6.07) is 0. The number of guanidine groups is 1. The Balaban J connectivity index is 2.50. The molecule has 1 N–H and O–H groups in total. The van der Waals surface area contributed by atoms with E-state index >= 15 is 0 Å². The van der Waals surface area contributed by atoms with Crippen molar-refractivity contribution in [3.8, 4) is 0 Å². The maximum atomic E-state index is 11.5. The van der Waals surface area contributed by atoms with Crippen LogP contribution in [0.2, 0.25) is 0 Å². The van der Waals surface area contributed by atoms with E-state index in [1.54, 1.807) is 14.0 Å². The molecule has 1 fully saturated rings. The van der Waals surface area contributed by atoms with Gasteiger partial charge in [-0.1, -0.05) is 20.8 Å². The molecule has 0 spiro atoms. The average Bonchev–Trinajstić information content (AvgIpc) is 2.43. The standard InChI is InChI=1S/C13H27N3O2S2/c1-5-20(17,18)9-6-15-13(14-4)16-7-8-19-12(10-16)11(2)3/h11-12H,5-10H2,1-4H3,(H,14,15). The van der Waals surface area contributed by atoms with Crippen molar-refractivity contribution < 1.29 is 8.42 Å². The third-order valence-electron chi connectivity index (χ3n) is 3.48. The lowest BCUT2D eigenvalue weighted by Crippen LogP contribution is -2.49. The smallest absolute Gasteiger partial charge is 0.193 e. The van der Waals surface area contributed by atoms with Crippen molar-refractivity contribution in [3.63, 3.8) is 0 Å². The summed E-state index contributed by atoms with van der Waals surface area (Å²) in [4.78, 5) is 6.51. The molecule has 20 heavy (non-hydrogen) atoms. The van der Waals surface area contributed by atoms with E-state index < -0.39 is 9.84 Å². The number of thioether (sulfide) groups is 1. The summed E-state index contributed by atoms with van der Waals surface area (Å²) in [6.45, 7) is 8.53. The topological polar surface area (TPSA) is 61.8 Å². The fraction of sp³-hybridized carbons (Fsp3) is 0.923. The molecular weight excluding hydrogens is 294 g/mol. The number of sulfone groups is 1. The van der Waals surface area contributed by atoms with Gasteiger partial charge in [0.2, 0.25) is 0 Å². The van der Waals surface area contributed by atoms with E-state index in [2.05, 4.69) is 29.1 Å². The van der Waals surface area contributed by atoms with Gasteiger partial charge in [0, 0.05) is 43.4 Å². The largest absolute Gasteiger partial charge is 0.355 e. The van der Waals surface area contributed by atoms with Crippen LogP contribution in [0.25, 0.3) is 0 Å². The van der Waals surface area contributed by atoms with Gasteiger partial charge in [0.1, 0.15) is 0 Å². The number of nitrogens with one attached hydrogen (secondary N) is 1. The van der Waals surface area contributed by atoms with Crippen LogP contribution in [0.4, 0.5) is 0 Å². The summed E-state index contributed by atoms with van der Waals surface area (Å²) in [5.41, 5.74) is 0. The Hall–Kier alpha value is -0.430. The zero-order valence-electron chi connectivity index (χ0n) is 12.9. The second kappa shape index (κ2) is 8.12. The fourth-order valence-corrected chi connectivity index (χ4v) is 4.07. The zero-order chi connectivity index (χ0) is 15.2. The minimum absolute atomic E-state index is 0.165. The van der Waals surface area contributed by atoms with Gasteiger partial charge in [0.05, 0.1) is 5.75 Å². The summed E-state index contributed by atoms with van der Waals surface area (Å²) in [5.74, 6) is 2.92. The average molecular weight is 322 g/mol. The lowest BCUT2D eigenvalue weighted by molar-refractivity contribution is 0.382. The van der Waals surface area contributed by atoms with Crippen LogP contribution < -0.4 is 5.32 Å². The van der Waals surface area contributed by atoms with Crippen molar-refractivity contribution >= 4 is 27.6 Å². The van der Waals surface area contributed by atoms with Crippen LogP contribution >= 0.6 is 11.8 Å². The summed E-state index contributed by atoms with van der Waals surface area (Å²) < 4.78 is 23.0. The second-order valence-corrected chi connectivity index (χ2v) is 9.13. The van der Waals surface area contributed by atoms with E-state index in [0.29, 0.717) is 17.7 Å². The molecule has 0 aliphatic carbocycles. The molecule has 1 rings (SSSR count). The highest BCUT2D eigenvalue weighted by Crippen LogP contribution is 2.24. The fourth-order valence-electron chi connectivity index (χ4n) is 2.07. The molecule has 0 aromatic carbocycles. The Morgan fingerprint density at radius 2 is 2.20 bits per heavy atom. The van der Waals surface area contributed by atoms with Gasteiger partial charge in [-0.05, 0) is 5.92 Å². The van der Waals surface area contributed by atoms with Gasteiger partial charge in [-0.25, -0.2) is 8.42 Å². The second-order valence-electron chi connectivity index (χ2n) is 5.31. The summed E-state index contributed by atoms with van der Waals surface area (Å²) >= 11 is 2.01. The Morgan fingerprint density at radius 3 is 2.75 bits per heavy atom. The van der Waals surface area contributed by atoms with E-state index in [-0.39, 0.29) is 11.5 Å². The highest BCUT2D eigenvalue weighted by molar-refractivity contribution is 8.00. The summed E-state index contributed by atoms with van der Waals surface area (Å²) in [6.07, 6.45) is 0. The summed E-state index contributed by atoms with van der Waals surface area (Å²) in [5, 5.41) is 3.79. The summed E-state index contributed by atoms with van der Waals surface area (Å²) in [7, 11) is -1.17. The lowest BCUT2D eigenvalue weighted by atomic mass is 10.1. The first-order valence-electron chi connectivity index (χ1n) is 7.17. The molecule has 5 nitrogen and oxygen atoms in total. The molecule has 1 unspecified atom stereocenters. The van der Waals surface area contributed by atoms with E-state index in [1.807, 2.05) is 11.8 Å². The maximum absolute atomic E-state index is 11.5. The van der Waals surface area contributed by atoms with E-state index in [9.17, 15) is 8.42 Å². The Kier molecular flexibility index (Phi) is 7.15. The van der Waals surface area contributed by atoms with Crippen LogP contribution in [0.15, 0.2) is 4.99 Å². The van der Waals surface area contributed by atoms with Gasteiger partial charge < -0.3 is 10.2 Å². The van der Waals surface area contributed by atoms with E-state index in [4.69, 9.17) is 0 Å². The Bertz CT molecular complexity index is 421. The van der Waals surface area contributed by atoms with Gasteiger partial charge in [0.15, 0.2) is 15.8 Å². The number of nitrogens with zero attached hydrogens (tertiary/aromatic N) is 2. The van der Waals surface area contributed by atoms with Crippen molar-refractivity contribution in [3.05, 3.63) is 0 Å². The molecule has 0 aromatic heterocycles. The third kappa shape index (κ3) is 5.52. The molecule has 0 saturated carbocycles. The molecule has 7 heteroatoms. The first-order valence-corrected chi connectivity index (χ1v) is 10.0. The highest BCUT2D eigenvalue weighted by atomic mass is 32.2. The van der Waals surface area contributed by atoms with Crippen molar-refractivity contribution in [2.75, 3.05) is 43.9 Å².